The molecule has 1 N–H and O–H groups in total. The number of likely N-dealkylation sites (N-methyl/N-ethyl adjacent to an activating group) is 1. The Morgan fingerprint density at radius 2 is 1.60 bits per heavy atom. The third-order valence-electron chi connectivity index (χ3n) is 4.30. The summed E-state index contributed by atoms with van der Waals surface area (Å²) in [6.07, 6.45) is -7.41. The zero-order valence-electron chi connectivity index (χ0n) is 17.1. The van der Waals surface area contributed by atoms with E-state index in [0.29, 0.717) is 17.6 Å². The van der Waals surface area contributed by atoms with E-state index in [1.54, 1.807) is 12.2 Å². The van der Waals surface area contributed by atoms with Crippen LogP contribution in [-0.4, -0.2) is 70.4 Å². The van der Waals surface area contributed by atoms with Crippen LogP contribution in [-0.2, 0) is 10.0 Å². The van der Waals surface area contributed by atoms with Crippen molar-refractivity contribution in [1.82, 2.24) is 4.72 Å². The van der Waals surface area contributed by atoms with E-state index in [1.807, 2.05) is 37.9 Å². The van der Waals surface area contributed by atoms with E-state index in [9.17, 15) is 39.2 Å². The smallest absolute Gasteiger partial charge is 0.325 e. The summed E-state index contributed by atoms with van der Waals surface area (Å²) in [4.78, 5) is 0. The van der Waals surface area contributed by atoms with Gasteiger partial charge in [0.1, 0.15) is 6.54 Å². The Balaban J connectivity index is 4.77. The zero-order chi connectivity index (χ0) is 23.9. The van der Waals surface area contributed by atoms with E-state index in [1.165, 1.54) is 0 Å². The minimum absolute atomic E-state index is 0.199. The second-order valence-corrected chi connectivity index (χ2v) is 9.32. The number of allylic oxidation sites excluding steroid dienone is 3. The summed E-state index contributed by atoms with van der Waals surface area (Å²) in [6.45, 7) is 6.30. The van der Waals surface area contributed by atoms with Crippen molar-refractivity contribution in [3.8, 4) is 0 Å². The van der Waals surface area contributed by atoms with Crippen molar-refractivity contribution in [2.75, 3.05) is 39.5 Å². The maximum Gasteiger partial charge on any atom is 0.431 e. The molecule has 0 aromatic heterocycles. The molecule has 0 aromatic carbocycles. The molecule has 0 aliphatic rings. The zero-order valence-corrected chi connectivity index (χ0v) is 17.9. The lowest BCUT2D eigenvalue weighted by molar-refractivity contribution is -0.885. The minimum atomic E-state index is -6.27. The van der Waals surface area contributed by atoms with Gasteiger partial charge in [-0.3, -0.25) is 0 Å². The summed E-state index contributed by atoms with van der Waals surface area (Å²) in [5.41, 5.74) is -4.59. The quantitative estimate of drug-likeness (QED) is 0.201. The number of halogens is 7. The van der Waals surface area contributed by atoms with Crippen LogP contribution >= 0.6 is 0 Å². The van der Waals surface area contributed by atoms with Crippen LogP contribution in [0.15, 0.2) is 36.5 Å². The molecule has 0 saturated carbocycles. The number of nitrogens with one attached hydrogen (secondary N) is 1. The van der Waals surface area contributed by atoms with Gasteiger partial charge in [0.05, 0.1) is 26.4 Å². The van der Waals surface area contributed by atoms with Gasteiger partial charge in [0.2, 0.25) is 10.0 Å². The van der Waals surface area contributed by atoms with Crippen LogP contribution < -0.4 is 4.72 Å². The van der Waals surface area contributed by atoms with Gasteiger partial charge >= 0.3 is 12.4 Å². The SMILES string of the molecule is C=C/C=C\C(=C/C)C[N+](C)(C)CCCNS(=O)(=O)CCC(F)(C(F)(F)F)C(F)(F)F. The number of hydrogen-bond donors (Lipinski definition) is 1. The highest BCUT2D eigenvalue weighted by atomic mass is 32.2. The van der Waals surface area contributed by atoms with Crippen LogP contribution in [0.25, 0.3) is 0 Å². The Morgan fingerprint density at radius 1 is 1.07 bits per heavy atom. The summed E-state index contributed by atoms with van der Waals surface area (Å²) in [5, 5.41) is 0. The first-order valence-electron chi connectivity index (χ1n) is 8.97. The maximum absolute atomic E-state index is 13.6. The molecule has 0 spiro atoms. The van der Waals surface area contributed by atoms with E-state index in [0.717, 1.165) is 5.57 Å². The number of quaternary nitrogens is 1. The molecule has 0 atom stereocenters. The van der Waals surface area contributed by atoms with Gasteiger partial charge in [0, 0.05) is 25.0 Å². The molecule has 0 saturated heterocycles. The lowest BCUT2D eigenvalue weighted by atomic mass is 10.0. The van der Waals surface area contributed by atoms with Gasteiger partial charge in [-0.05, 0) is 6.92 Å². The van der Waals surface area contributed by atoms with Gasteiger partial charge < -0.3 is 4.48 Å². The van der Waals surface area contributed by atoms with Gasteiger partial charge in [0.25, 0.3) is 5.67 Å². The van der Waals surface area contributed by atoms with Crippen molar-refractivity contribution in [2.24, 2.45) is 0 Å². The number of rotatable bonds is 12. The molecule has 4 nitrogen and oxygen atoms in total. The van der Waals surface area contributed by atoms with Crippen LogP contribution in [0.2, 0.25) is 0 Å². The fourth-order valence-electron chi connectivity index (χ4n) is 2.53. The highest BCUT2D eigenvalue weighted by molar-refractivity contribution is 7.89. The largest absolute Gasteiger partial charge is 0.431 e. The molecule has 0 aromatic rings. The number of alkyl halides is 7. The topological polar surface area (TPSA) is 46.2 Å². The summed E-state index contributed by atoms with van der Waals surface area (Å²) in [7, 11) is -0.766. The monoisotopic (exact) mass is 469 g/mol. The first kappa shape index (κ1) is 28.6. The minimum Gasteiger partial charge on any atom is -0.325 e. The third-order valence-corrected chi connectivity index (χ3v) is 5.69. The molecule has 0 radical (unpaired) electrons. The van der Waals surface area contributed by atoms with E-state index in [2.05, 4.69) is 6.58 Å². The lowest BCUT2D eigenvalue weighted by Crippen LogP contribution is -2.54. The maximum atomic E-state index is 13.6. The first-order chi connectivity index (χ1) is 13.4. The summed E-state index contributed by atoms with van der Waals surface area (Å²) >= 11 is 0. The van der Waals surface area contributed by atoms with Crippen LogP contribution in [0.4, 0.5) is 30.7 Å². The molecular formula is C18H28F7N2O2S+. The van der Waals surface area contributed by atoms with Crippen LogP contribution in [0.5, 0.6) is 0 Å². The van der Waals surface area contributed by atoms with Crippen molar-refractivity contribution < 1.29 is 43.6 Å². The van der Waals surface area contributed by atoms with Crippen LogP contribution in [0, 0.1) is 0 Å². The van der Waals surface area contributed by atoms with Gasteiger partial charge in [-0.2, -0.15) is 26.3 Å². The van der Waals surface area contributed by atoms with Crippen molar-refractivity contribution in [3.05, 3.63) is 36.5 Å². The molecule has 176 valence electrons. The Bertz CT molecular complexity index is 710. The molecule has 30 heavy (non-hydrogen) atoms. The standard InChI is InChI=1S/C18H28F7N2O2S/c1-5-7-9-15(6-2)14-27(3,4)12-8-11-26-30(28,29)13-10-16(19,17(20,21)22)18(23,24)25/h5-7,9,26H,1,8,10-14H2,2-4H3/q+1/b9-7-,15-6+. The Kier molecular flexibility index (Phi) is 10.3. The van der Waals surface area contributed by atoms with Crippen LogP contribution in [0.1, 0.15) is 19.8 Å². The summed E-state index contributed by atoms with van der Waals surface area (Å²) < 4.78 is 114. The molecule has 0 aliphatic heterocycles. The number of hydrogen-bond acceptors (Lipinski definition) is 2. The molecule has 0 amide bonds. The van der Waals surface area contributed by atoms with Crippen molar-refractivity contribution >= 4 is 10.0 Å². The van der Waals surface area contributed by atoms with Crippen LogP contribution in [0.3, 0.4) is 0 Å². The summed E-state index contributed by atoms with van der Waals surface area (Å²) in [6, 6.07) is 0. The van der Waals surface area contributed by atoms with Crippen molar-refractivity contribution in [2.45, 2.75) is 37.8 Å². The van der Waals surface area contributed by atoms with Crippen molar-refractivity contribution in [1.29, 1.82) is 0 Å². The van der Waals surface area contributed by atoms with Gasteiger partial charge in [-0.1, -0.05) is 30.9 Å². The Morgan fingerprint density at radius 3 is 2.03 bits per heavy atom. The molecular weight excluding hydrogens is 441 g/mol. The van der Waals surface area contributed by atoms with E-state index in [4.69, 9.17) is 0 Å². The second kappa shape index (κ2) is 10.8. The fraction of sp³-hybridized carbons (Fsp3) is 0.667. The normalized spacial score (nSPS) is 15.1. The predicted molar refractivity (Wildman–Crippen MR) is 102 cm³/mol. The Hall–Kier alpha value is -1.40. The highest BCUT2D eigenvalue weighted by Gasteiger charge is 2.72. The van der Waals surface area contributed by atoms with E-state index >= 15 is 0 Å². The first-order valence-corrected chi connectivity index (χ1v) is 10.6. The molecule has 0 bridgehead atoms. The molecule has 0 rings (SSSR count). The molecule has 0 aliphatic carbocycles. The van der Waals surface area contributed by atoms with Crippen molar-refractivity contribution in [3.63, 3.8) is 0 Å². The number of nitrogens with zero attached hydrogens (tertiary/aromatic N) is 1. The molecule has 0 fully saturated rings. The highest BCUT2D eigenvalue weighted by Crippen LogP contribution is 2.48. The van der Waals surface area contributed by atoms with Gasteiger partial charge in [-0.15, -0.1) is 0 Å². The number of sulfonamides is 1. The molecule has 0 heterocycles. The lowest BCUT2D eigenvalue weighted by Gasteiger charge is -2.30. The van der Waals surface area contributed by atoms with Gasteiger partial charge in [0.15, 0.2) is 0 Å². The second-order valence-electron chi connectivity index (χ2n) is 7.39. The Labute approximate surface area is 172 Å². The third kappa shape index (κ3) is 9.17. The predicted octanol–water partition coefficient (Wildman–Crippen LogP) is 4.28. The average molecular weight is 469 g/mol. The van der Waals surface area contributed by atoms with Gasteiger partial charge in [-0.25, -0.2) is 17.5 Å². The fourth-order valence-corrected chi connectivity index (χ4v) is 3.68. The summed E-state index contributed by atoms with van der Waals surface area (Å²) in [5.74, 6) is -1.64. The average Bonchev–Trinajstić information content (AvgIpc) is 2.58. The van der Waals surface area contributed by atoms with E-state index in [-0.39, 0.29) is 13.0 Å². The van der Waals surface area contributed by atoms with E-state index < -0.39 is 40.2 Å². The molecule has 12 heteroatoms. The molecule has 0 unspecified atom stereocenters.